The van der Waals surface area contributed by atoms with E-state index in [9.17, 15) is 10.1 Å². The van der Waals surface area contributed by atoms with Gasteiger partial charge in [-0.15, -0.1) is 0 Å². The zero-order valence-corrected chi connectivity index (χ0v) is 12.3. The number of nitro groups is 1. The van der Waals surface area contributed by atoms with Crippen LogP contribution in [0.25, 0.3) is 0 Å². The Balaban J connectivity index is 1.83. The summed E-state index contributed by atoms with van der Waals surface area (Å²) in [6.45, 7) is 0.602. The molecule has 6 heteroatoms. The van der Waals surface area contributed by atoms with Gasteiger partial charge in [0.2, 0.25) is 0 Å². The molecule has 0 atom stereocenters. The topological polar surface area (TPSA) is 79.6 Å². The first-order chi connectivity index (χ1) is 10.2. The summed E-state index contributed by atoms with van der Waals surface area (Å²) in [5.41, 5.74) is 1.11. The van der Waals surface area contributed by atoms with Crippen LogP contribution in [0.3, 0.4) is 0 Å². The average molecular weight is 290 g/mol. The smallest absolute Gasteiger partial charge is 0.269 e. The highest BCUT2D eigenvalue weighted by Gasteiger charge is 2.14. The lowest BCUT2D eigenvalue weighted by Gasteiger charge is -2.24. The number of benzene rings is 1. The first kappa shape index (κ1) is 15.3. The van der Waals surface area contributed by atoms with E-state index in [0.717, 1.165) is 11.5 Å². The van der Waals surface area contributed by atoms with Crippen molar-refractivity contribution in [3.05, 3.63) is 39.9 Å². The van der Waals surface area contributed by atoms with Gasteiger partial charge in [0.05, 0.1) is 4.92 Å². The van der Waals surface area contributed by atoms with E-state index in [4.69, 9.17) is 0 Å². The zero-order valence-electron chi connectivity index (χ0n) is 12.3. The Kier molecular flexibility index (Phi) is 5.54. The van der Waals surface area contributed by atoms with Crippen molar-refractivity contribution in [2.45, 2.75) is 44.7 Å². The van der Waals surface area contributed by atoms with Crippen molar-refractivity contribution in [2.24, 2.45) is 4.99 Å². The quantitative estimate of drug-likeness (QED) is 0.386. The number of guanidine groups is 1. The van der Waals surface area contributed by atoms with E-state index in [2.05, 4.69) is 15.6 Å². The number of hydrogen-bond acceptors (Lipinski definition) is 3. The predicted molar refractivity (Wildman–Crippen MR) is 83.3 cm³/mol. The van der Waals surface area contributed by atoms with Gasteiger partial charge in [-0.2, -0.15) is 0 Å². The highest BCUT2D eigenvalue weighted by molar-refractivity contribution is 5.79. The molecule has 21 heavy (non-hydrogen) atoms. The summed E-state index contributed by atoms with van der Waals surface area (Å²) < 4.78 is 0. The van der Waals surface area contributed by atoms with Gasteiger partial charge < -0.3 is 10.6 Å². The summed E-state index contributed by atoms with van der Waals surface area (Å²) in [7, 11) is 1.76. The van der Waals surface area contributed by atoms with E-state index in [0.29, 0.717) is 12.6 Å². The zero-order chi connectivity index (χ0) is 15.1. The third kappa shape index (κ3) is 4.73. The lowest BCUT2D eigenvalue weighted by molar-refractivity contribution is -0.384. The second kappa shape index (κ2) is 7.61. The van der Waals surface area contributed by atoms with E-state index < -0.39 is 0 Å². The fourth-order valence-electron chi connectivity index (χ4n) is 2.56. The Morgan fingerprint density at radius 3 is 2.52 bits per heavy atom. The van der Waals surface area contributed by atoms with Crippen molar-refractivity contribution in [1.29, 1.82) is 0 Å². The first-order valence-corrected chi connectivity index (χ1v) is 7.39. The summed E-state index contributed by atoms with van der Waals surface area (Å²) in [5.74, 6) is 0.792. The van der Waals surface area contributed by atoms with Gasteiger partial charge in [-0.1, -0.05) is 31.4 Å². The molecule has 1 aromatic rings. The van der Waals surface area contributed by atoms with Crippen LogP contribution in [0.15, 0.2) is 29.3 Å². The molecule has 0 aliphatic heterocycles. The van der Waals surface area contributed by atoms with Crippen molar-refractivity contribution in [3.8, 4) is 0 Å². The largest absolute Gasteiger partial charge is 0.354 e. The number of rotatable bonds is 4. The molecule has 0 saturated heterocycles. The molecule has 0 spiro atoms. The van der Waals surface area contributed by atoms with Crippen molar-refractivity contribution in [1.82, 2.24) is 10.6 Å². The second-order valence-electron chi connectivity index (χ2n) is 5.33. The molecule has 2 N–H and O–H groups in total. The molecule has 1 fully saturated rings. The van der Waals surface area contributed by atoms with Gasteiger partial charge in [0.25, 0.3) is 5.69 Å². The Morgan fingerprint density at radius 1 is 1.29 bits per heavy atom. The SMILES string of the molecule is CN=C(NCc1ccc([N+](=O)[O-])cc1)NC1CCCCC1. The number of aliphatic imine (C=N–C) groups is 1. The van der Waals surface area contributed by atoms with Gasteiger partial charge in [-0.05, 0) is 18.4 Å². The monoisotopic (exact) mass is 290 g/mol. The third-order valence-corrected chi connectivity index (χ3v) is 3.78. The summed E-state index contributed by atoms with van der Waals surface area (Å²) in [5, 5.41) is 17.3. The summed E-state index contributed by atoms with van der Waals surface area (Å²) in [6.07, 6.45) is 6.26. The molecule has 0 amide bonds. The minimum atomic E-state index is -0.388. The van der Waals surface area contributed by atoms with E-state index in [1.807, 2.05) is 0 Å². The highest BCUT2D eigenvalue weighted by atomic mass is 16.6. The summed E-state index contributed by atoms with van der Waals surface area (Å²) in [4.78, 5) is 14.4. The maximum absolute atomic E-state index is 10.6. The maximum Gasteiger partial charge on any atom is 0.269 e. The molecule has 0 radical (unpaired) electrons. The van der Waals surface area contributed by atoms with Crippen LogP contribution in [-0.4, -0.2) is 24.0 Å². The number of nitrogens with one attached hydrogen (secondary N) is 2. The molecule has 2 rings (SSSR count). The molecule has 1 saturated carbocycles. The van der Waals surface area contributed by atoms with Crippen molar-refractivity contribution < 1.29 is 4.92 Å². The van der Waals surface area contributed by atoms with Crippen LogP contribution in [0.2, 0.25) is 0 Å². The van der Waals surface area contributed by atoms with Crippen molar-refractivity contribution in [3.63, 3.8) is 0 Å². The van der Waals surface area contributed by atoms with Crippen LogP contribution in [0, 0.1) is 10.1 Å². The van der Waals surface area contributed by atoms with Gasteiger partial charge in [-0.25, -0.2) is 0 Å². The molecule has 0 aromatic heterocycles. The Hall–Kier alpha value is -2.11. The standard InChI is InChI=1S/C15H22N4O2/c1-16-15(18-13-5-3-2-4-6-13)17-11-12-7-9-14(10-8-12)19(20)21/h7-10,13H,2-6,11H2,1H3,(H2,16,17,18). The van der Waals surface area contributed by atoms with E-state index >= 15 is 0 Å². The molecule has 114 valence electrons. The lowest BCUT2D eigenvalue weighted by atomic mass is 9.96. The van der Waals surface area contributed by atoms with Crippen LogP contribution in [0.4, 0.5) is 5.69 Å². The molecule has 1 aliphatic carbocycles. The van der Waals surface area contributed by atoms with Crippen molar-refractivity contribution in [2.75, 3.05) is 7.05 Å². The Labute approximate surface area is 124 Å². The van der Waals surface area contributed by atoms with Crippen LogP contribution in [-0.2, 0) is 6.54 Å². The minimum absolute atomic E-state index is 0.114. The normalized spacial score (nSPS) is 16.5. The predicted octanol–water partition coefficient (Wildman–Crippen LogP) is 2.59. The molecular weight excluding hydrogens is 268 g/mol. The van der Waals surface area contributed by atoms with Gasteiger partial charge in [0, 0.05) is 31.8 Å². The molecule has 1 aliphatic rings. The molecule has 6 nitrogen and oxygen atoms in total. The Morgan fingerprint density at radius 2 is 1.95 bits per heavy atom. The number of non-ortho nitro benzene ring substituents is 1. The van der Waals surface area contributed by atoms with Crippen LogP contribution >= 0.6 is 0 Å². The summed E-state index contributed by atoms with van der Waals surface area (Å²) in [6, 6.07) is 7.07. The van der Waals surface area contributed by atoms with E-state index in [-0.39, 0.29) is 10.6 Å². The fourth-order valence-corrected chi connectivity index (χ4v) is 2.56. The molecule has 1 aromatic carbocycles. The van der Waals surface area contributed by atoms with Gasteiger partial charge in [-0.3, -0.25) is 15.1 Å². The van der Waals surface area contributed by atoms with E-state index in [1.165, 1.54) is 44.2 Å². The van der Waals surface area contributed by atoms with Gasteiger partial charge in [0.15, 0.2) is 5.96 Å². The molecule has 0 heterocycles. The Bertz CT molecular complexity index is 493. The molecule has 0 unspecified atom stereocenters. The highest BCUT2D eigenvalue weighted by Crippen LogP contribution is 2.17. The summed E-state index contributed by atoms with van der Waals surface area (Å²) >= 11 is 0. The van der Waals surface area contributed by atoms with Gasteiger partial charge in [0.1, 0.15) is 0 Å². The third-order valence-electron chi connectivity index (χ3n) is 3.78. The maximum atomic E-state index is 10.6. The minimum Gasteiger partial charge on any atom is -0.354 e. The molecular formula is C15H22N4O2. The van der Waals surface area contributed by atoms with Crippen molar-refractivity contribution >= 4 is 11.6 Å². The lowest BCUT2D eigenvalue weighted by Crippen LogP contribution is -2.43. The number of nitrogens with zero attached hydrogens (tertiary/aromatic N) is 2. The van der Waals surface area contributed by atoms with E-state index in [1.54, 1.807) is 19.2 Å². The van der Waals surface area contributed by atoms with Crippen LogP contribution in [0.1, 0.15) is 37.7 Å². The number of hydrogen-bond donors (Lipinski definition) is 2. The fraction of sp³-hybridized carbons (Fsp3) is 0.533. The van der Waals surface area contributed by atoms with Gasteiger partial charge >= 0.3 is 0 Å². The number of nitro benzene ring substituents is 1. The first-order valence-electron chi connectivity index (χ1n) is 7.39. The average Bonchev–Trinajstić information content (AvgIpc) is 2.52. The molecule has 0 bridgehead atoms. The second-order valence-corrected chi connectivity index (χ2v) is 5.33. The van der Waals surface area contributed by atoms with Crippen LogP contribution in [0.5, 0.6) is 0 Å². The van der Waals surface area contributed by atoms with Crippen LogP contribution < -0.4 is 10.6 Å².